The quantitative estimate of drug-likeness (QED) is 0.715. The molecule has 0 aromatic carbocycles. The molecule has 0 N–H and O–H groups in total. The van der Waals surface area contributed by atoms with E-state index in [1.807, 2.05) is 11.4 Å². The summed E-state index contributed by atoms with van der Waals surface area (Å²) in [6.07, 6.45) is 0.524. The first kappa shape index (κ1) is 15.1. The van der Waals surface area contributed by atoms with Crippen LogP contribution >= 0.6 is 27.3 Å². The Hall–Kier alpha value is 0.0500. The van der Waals surface area contributed by atoms with E-state index >= 15 is 0 Å². The van der Waals surface area contributed by atoms with Crippen molar-refractivity contribution in [3.05, 3.63) is 20.8 Å². The van der Waals surface area contributed by atoms with Gasteiger partial charge >= 0.3 is 0 Å². The van der Waals surface area contributed by atoms with Crippen molar-refractivity contribution in [2.45, 2.75) is 13.0 Å². The molecule has 0 aliphatic heterocycles. The largest absolute Gasteiger partial charge is 0.385 e. The van der Waals surface area contributed by atoms with E-state index in [4.69, 9.17) is 4.74 Å². The van der Waals surface area contributed by atoms with Crippen molar-refractivity contribution in [1.29, 1.82) is 0 Å². The van der Waals surface area contributed by atoms with Crippen LogP contribution < -0.4 is 0 Å². The van der Waals surface area contributed by atoms with Gasteiger partial charge in [0.05, 0.1) is 9.54 Å². The Bertz CT molecular complexity index is 444. The highest BCUT2D eigenvalue weighted by molar-refractivity contribution is 9.11. The molecular formula is C10H16BrNO3S2. The Balaban J connectivity index is 2.53. The Morgan fingerprint density at radius 3 is 2.76 bits per heavy atom. The van der Waals surface area contributed by atoms with E-state index < -0.39 is 10.0 Å². The molecule has 7 heteroatoms. The van der Waals surface area contributed by atoms with E-state index in [1.165, 1.54) is 4.31 Å². The Labute approximate surface area is 115 Å². The molecule has 0 fully saturated rings. The summed E-state index contributed by atoms with van der Waals surface area (Å²) in [6.45, 7) is 0.883. The fourth-order valence-corrected chi connectivity index (χ4v) is 3.67. The second kappa shape index (κ2) is 6.84. The van der Waals surface area contributed by atoms with E-state index in [0.717, 1.165) is 9.35 Å². The van der Waals surface area contributed by atoms with Crippen molar-refractivity contribution in [2.24, 2.45) is 0 Å². The molecule has 0 saturated carbocycles. The fourth-order valence-electron chi connectivity index (χ4n) is 1.33. The van der Waals surface area contributed by atoms with Crippen LogP contribution in [-0.4, -0.2) is 39.2 Å². The molecule has 1 aromatic rings. The van der Waals surface area contributed by atoms with Crippen LogP contribution in [0.3, 0.4) is 0 Å². The summed E-state index contributed by atoms with van der Waals surface area (Å²) < 4.78 is 31.0. The molecule has 0 amide bonds. The number of thiophene rings is 1. The lowest BCUT2D eigenvalue weighted by molar-refractivity contribution is 0.199. The molecule has 0 bridgehead atoms. The highest BCUT2D eigenvalue weighted by atomic mass is 79.9. The van der Waals surface area contributed by atoms with E-state index in [2.05, 4.69) is 15.9 Å². The summed E-state index contributed by atoms with van der Waals surface area (Å²) >= 11 is 4.91. The Morgan fingerprint density at radius 1 is 1.53 bits per heavy atom. The van der Waals surface area contributed by atoms with E-state index in [9.17, 15) is 8.42 Å². The molecule has 0 spiro atoms. The van der Waals surface area contributed by atoms with Crippen molar-refractivity contribution in [1.82, 2.24) is 4.31 Å². The first-order valence-electron chi connectivity index (χ1n) is 5.11. The highest BCUT2D eigenvalue weighted by Gasteiger charge is 2.17. The summed E-state index contributed by atoms with van der Waals surface area (Å²) in [5, 5.41) is 1.95. The first-order valence-corrected chi connectivity index (χ1v) is 8.40. The minimum Gasteiger partial charge on any atom is -0.385 e. The van der Waals surface area contributed by atoms with Crippen LogP contribution in [0.2, 0.25) is 0 Å². The average molecular weight is 342 g/mol. The minimum absolute atomic E-state index is 0.128. The number of ether oxygens (including phenoxy) is 1. The molecule has 0 aliphatic rings. The fraction of sp³-hybridized carbons (Fsp3) is 0.600. The summed E-state index contributed by atoms with van der Waals surface area (Å²) in [6, 6.07) is 1.94. The van der Waals surface area contributed by atoms with Crippen LogP contribution in [0.5, 0.6) is 0 Å². The van der Waals surface area contributed by atoms with Crippen molar-refractivity contribution in [2.75, 3.05) is 26.5 Å². The molecule has 0 aliphatic carbocycles. The predicted molar refractivity (Wildman–Crippen MR) is 73.8 cm³/mol. The number of hydrogen-bond donors (Lipinski definition) is 0. The van der Waals surface area contributed by atoms with Crippen LogP contribution in [-0.2, 0) is 21.3 Å². The van der Waals surface area contributed by atoms with E-state index in [-0.39, 0.29) is 5.75 Å². The van der Waals surface area contributed by atoms with Crippen LogP contribution in [0.4, 0.5) is 0 Å². The van der Waals surface area contributed by atoms with Crippen LogP contribution in [0.15, 0.2) is 15.2 Å². The third-order valence-corrected chi connectivity index (χ3v) is 5.69. The summed E-state index contributed by atoms with van der Waals surface area (Å²) in [5.41, 5.74) is 1.000. The van der Waals surface area contributed by atoms with Gasteiger partial charge in [0.25, 0.3) is 0 Å². The zero-order valence-corrected chi connectivity index (χ0v) is 13.1. The molecule has 1 aromatic heterocycles. The van der Waals surface area contributed by atoms with Crippen molar-refractivity contribution in [3.63, 3.8) is 0 Å². The highest BCUT2D eigenvalue weighted by Crippen LogP contribution is 2.22. The van der Waals surface area contributed by atoms with Crippen LogP contribution in [0, 0.1) is 0 Å². The van der Waals surface area contributed by atoms with Gasteiger partial charge in [-0.15, -0.1) is 11.3 Å². The monoisotopic (exact) mass is 341 g/mol. The topological polar surface area (TPSA) is 46.6 Å². The van der Waals surface area contributed by atoms with Gasteiger partial charge in [-0.1, -0.05) is 0 Å². The van der Waals surface area contributed by atoms with Gasteiger partial charge in [-0.25, -0.2) is 12.7 Å². The molecular weight excluding hydrogens is 326 g/mol. The van der Waals surface area contributed by atoms with Crippen LogP contribution in [0.25, 0.3) is 0 Å². The van der Waals surface area contributed by atoms with Crippen LogP contribution in [0.1, 0.15) is 12.0 Å². The number of methoxy groups -OCH3 is 1. The first-order chi connectivity index (χ1) is 7.95. The van der Waals surface area contributed by atoms with Gasteiger partial charge in [0.15, 0.2) is 0 Å². The van der Waals surface area contributed by atoms with Gasteiger partial charge in [0.1, 0.15) is 0 Å². The van der Waals surface area contributed by atoms with Crippen molar-refractivity contribution < 1.29 is 13.2 Å². The van der Waals surface area contributed by atoms with Gasteiger partial charge < -0.3 is 4.74 Å². The third kappa shape index (κ3) is 5.05. The normalized spacial score (nSPS) is 12.2. The maximum Gasteiger partial charge on any atom is 0.214 e. The maximum absolute atomic E-state index is 11.9. The molecule has 1 heterocycles. The molecule has 1 rings (SSSR count). The molecule has 0 saturated heterocycles. The van der Waals surface area contributed by atoms with Gasteiger partial charge in [-0.3, -0.25) is 0 Å². The lowest BCUT2D eigenvalue weighted by Crippen LogP contribution is -2.29. The molecule has 17 heavy (non-hydrogen) atoms. The Kier molecular flexibility index (Phi) is 6.08. The number of halogens is 1. The lowest BCUT2D eigenvalue weighted by atomic mass is 10.3. The predicted octanol–water partition coefficient (Wildman–Crippen LogP) is 2.31. The number of hydrogen-bond acceptors (Lipinski definition) is 4. The minimum atomic E-state index is -3.18. The lowest BCUT2D eigenvalue weighted by Gasteiger charge is -2.16. The Morgan fingerprint density at radius 2 is 2.24 bits per heavy atom. The third-order valence-electron chi connectivity index (χ3n) is 2.25. The van der Waals surface area contributed by atoms with Gasteiger partial charge in [-0.2, -0.15) is 0 Å². The summed E-state index contributed by atoms with van der Waals surface area (Å²) in [5.74, 6) is 0.128. The molecule has 98 valence electrons. The number of sulfonamides is 1. The number of nitrogens with zero attached hydrogens (tertiary/aromatic N) is 1. The molecule has 0 unspecified atom stereocenters. The standard InChI is InChI=1S/C10H16BrNO3S2/c1-12(7-9-6-10(11)16-8-9)17(13,14)5-3-4-15-2/h6,8H,3-5,7H2,1-2H3. The smallest absolute Gasteiger partial charge is 0.214 e. The van der Waals surface area contributed by atoms with Crippen molar-refractivity contribution >= 4 is 37.3 Å². The maximum atomic E-state index is 11.9. The number of rotatable bonds is 7. The van der Waals surface area contributed by atoms with E-state index in [0.29, 0.717) is 19.6 Å². The zero-order valence-electron chi connectivity index (χ0n) is 9.85. The SMILES string of the molecule is COCCCS(=O)(=O)N(C)Cc1csc(Br)c1. The molecule has 4 nitrogen and oxygen atoms in total. The van der Waals surface area contributed by atoms with Crippen molar-refractivity contribution in [3.8, 4) is 0 Å². The zero-order chi connectivity index (χ0) is 12.9. The van der Waals surface area contributed by atoms with Gasteiger partial charge in [0.2, 0.25) is 10.0 Å². The van der Waals surface area contributed by atoms with E-state index in [1.54, 1.807) is 25.5 Å². The van der Waals surface area contributed by atoms with Gasteiger partial charge in [0, 0.05) is 27.3 Å². The molecule has 0 radical (unpaired) electrons. The second-order valence-electron chi connectivity index (χ2n) is 3.68. The molecule has 0 atom stereocenters. The average Bonchev–Trinajstić information content (AvgIpc) is 2.64. The van der Waals surface area contributed by atoms with Gasteiger partial charge in [-0.05, 0) is 39.4 Å². The summed E-state index contributed by atoms with van der Waals surface area (Å²) in [7, 11) is -0.00527. The second-order valence-corrected chi connectivity index (χ2v) is 8.16. The summed E-state index contributed by atoms with van der Waals surface area (Å²) in [4.78, 5) is 0.